The lowest BCUT2D eigenvalue weighted by Gasteiger charge is -2.03. The van der Waals surface area contributed by atoms with E-state index < -0.39 is 0 Å². The van der Waals surface area contributed by atoms with Crippen LogP contribution in [0.15, 0.2) is 53.7 Å². The van der Waals surface area contributed by atoms with E-state index in [1.54, 1.807) is 12.4 Å². The van der Waals surface area contributed by atoms with Gasteiger partial charge < -0.3 is 4.98 Å². The van der Waals surface area contributed by atoms with E-state index in [2.05, 4.69) is 15.0 Å². The van der Waals surface area contributed by atoms with Crippen molar-refractivity contribution in [3.63, 3.8) is 0 Å². The minimum Gasteiger partial charge on any atom is -0.326 e. The highest BCUT2D eigenvalue weighted by Crippen LogP contribution is 2.23. The number of hydrogen-bond donors (Lipinski definition) is 1. The Balaban J connectivity index is 2.39. The highest BCUT2D eigenvalue weighted by molar-refractivity contribution is 5.93. The van der Waals surface area contributed by atoms with Gasteiger partial charge in [-0.1, -0.05) is 18.2 Å². The first-order valence-corrected chi connectivity index (χ1v) is 5.24. The van der Waals surface area contributed by atoms with Crippen LogP contribution in [0.3, 0.4) is 0 Å². The Bertz CT molecular complexity index is 728. The monoisotopic (exact) mass is 223 g/mol. The summed E-state index contributed by atoms with van der Waals surface area (Å²) < 4.78 is 0. The van der Waals surface area contributed by atoms with Crippen molar-refractivity contribution in [2.24, 2.45) is 0 Å². The molecule has 0 atom stereocenters. The lowest BCUT2D eigenvalue weighted by molar-refractivity contribution is 1.15. The molecule has 0 fully saturated rings. The van der Waals surface area contributed by atoms with E-state index in [-0.39, 0.29) is 5.56 Å². The molecular weight excluding hydrogens is 214 g/mol. The van der Waals surface area contributed by atoms with Crippen molar-refractivity contribution >= 4 is 10.9 Å². The highest BCUT2D eigenvalue weighted by atomic mass is 16.1. The number of fused-ring (bicyclic) bond motifs is 1. The summed E-state index contributed by atoms with van der Waals surface area (Å²) in [7, 11) is 0. The Morgan fingerprint density at radius 1 is 1.00 bits per heavy atom. The molecule has 0 saturated heterocycles. The summed E-state index contributed by atoms with van der Waals surface area (Å²) in [4.78, 5) is 22.7. The molecule has 1 N–H and O–H groups in total. The first kappa shape index (κ1) is 9.72. The predicted molar refractivity (Wildman–Crippen MR) is 65.6 cm³/mol. The maximum Gasteiger partial charge on any atom is 0.274 e. The summed E-state index contributed by atoms with van der Waals surface area (Å²) >= 11 is 0. The maximum atomic E-state index is 11.7. The normalized spacial score (nSPS) is 10.6. The standard InChI is InChI=1S/C13H9N3O/c17-13-12(15-7-8-16-13)10-3-1-5-11-9(10)4-2-6-14-11/h1-8H,(H,16,17). The molecule has 0 amide bonds. The summed E-state index contributed by atoms with van der Waals surface area (Å²) in [6.45, 7) is 0. The minimum atomic E-state index is -0.191. The zero-order chi connectivity index (χ0) is 11.7. The Labute approximate surface area is 97.0 Å². The van der Waals surface area contributed by atoms with Crippen molar-refractivity contribution in [2.75, 3.05) is 0 Å². The van der Waals surface area contributed by atoms with Crippen molar-refractivity contribution in [3.8, 4) is 11.3 Å². The van der Waals surface area contributed by atoms with E-state index >= 15 is 0 Å². The predicted octanol–water partition coefficient (Wildman–Crippen LogP) is 1.99. The maximum absolute atomic E-state index is 11.7. The lowest BCUT2D eigenvalue weighted by Crippen LogP contribution is -2.09. The molecule has 0 aliphatic heterocycles. The van der Waals surface area contributed by atoms with Gasteiger partial charge in [-0.3, -0.25) is 9.78 Å². The Hall–Kier alpha value is -2.49. The average Bonchev–Trinajstić information content (AvgIpc) is 2.39. The fourth-order valence-electron chi connectivity index (χ4n) is 1.85. The summed E-state index contributed by atoms with van der Waals surface area (Å²) in [5, 5.41) is 0.930. The average molecular weight is 223 g/mol. The number of aromatic amines is 1. The van der Waals surface area contributed by atoms with Gasteiger partial charge in [-0.25, -0.2) is 4.98 Å². The van der Waals surface area contributed by atoms with Gasteiger partial charge in [0.2, 0.25) is 0 Å². The van der Waals surface area contributed by atoms with E-state index in [1.807, 2.05) is 30.3 Å². The molecule has 0 bridgehead atoms. The van der Waals surface area contributed by atoms with Crippen molar-refractivity contribution < 1.29 is 0 Å². The van der Waals surface area contributed by atoms with Crippen LogP contribution in [0.5, 0.6) is 0 Å². The summed E-state index contributed by atoms with van der Waals surface area (Å²) in [5.41, 5.74) is 1.89. The van der Waals surface area contributed by atoms with Gasteiger partial charge in [0.25, 0.3) is 5.56 Å². The van der Waals surface area contributed by atoms with Gasteiger partial charge in [0, 0.05) is 29.5 Å². The van der Waals surface area contributed by atoms with Gasteiger partial charge in [0.05, 0.1) is 5.52 Å². The van der Waals surface area contributed by atoms with E-state index in [0.29, 0.717) is 5.69 Å². The van der Waals surface area contributed by atoms with Crippen LogP contribution in [0.4, 0.5) is 0 Å². The first-order valence-electron chi connectivity index (χ1n) is 5.24. The number of H-pyrrole nitrogens is 1. The molecule has 3 rings (SSSR count). The molecule has 4 nitrogen and oxygen atoms in total. The van der Waals surface area contributed by atoms with E-state index in [0.717, 1.165) is 16.5 Å². The molecule has 0 radical (unpaired) electrons. The molecule has 2 aromatic heterocycles. The quantitative estimate of drug-likeness (QED) is 0.686. The van der Waals surface area contributed by atoms with Crippen molar-refractivity contribution in [1.82, 2.24) is 15.0 Å². The van der Waals surface area contributed by atoms with E-state index in [4.69, 9.17) is 0 Å². The topological polar surface area (TPSA) is 58.6 Å². The zero-order valence-corrected chi connectivity index (χ0v) is 8.92. The van der Waals surface area contributed by atoms with Crippen LogP contribution in [0.1, 0.15) is 0 Å². The largest absolute Gasteiger partial charge is 0.326 e. The molecule has 0 unspecified atom stereocenters. The zero-order valence-electron chi connectivity index (χ0n) is 8.92. The summed E-state index contributed by atoms with van der Waals surface area (Å²) in [6, 6.07) is 9.45. The van der Waals surface area contributed by atoms with Crippen LogP contribution >= 0.6 is 0 Å². The smallest absolute Gasteiger partial charge is 0.274 e. The number of rotatable bonds is 1. The summed E-state index contributed by atoms with van der Waals surface area (Å²) in [5.74, 6) is 0. The van der Waals surface area contributed by atoms with Crippen LogP contribution in [0.25, 0.3) is 22.2 Å². The van der Waals surface area contributed by atoms with Crippen molar-refractivity contribution in [2.45, 2.75) is 0 Å². The fraction of sp³-hybridized carbons (Fsp3) is 0. The van der Waals surface area contributed by atoms with Crippen LogP contribution in [-0.4, -0.2) is 15.0 Å². The molecule has 0 aliphatic carbocycles. The molecule has 0 aliphatic rings. The third kappa shape index (κ3) is 1.59. The molecular formula is C13H9N3O. The van der Waals surface area contributed by atoms with Crippen LogP contribution in [-0.2, 0) is 0 Å². The second kappa shape index (κ2) is 3.83. The van der Waals surface area contributed by atoms with Gasteiger partial charge in [-0.15, -0.1) is 0 Å². The van der Waals surface area contributed by atoms with Crippen LogP contribution in [0, 0.1) is 0 Å². The summed E-state index contributed by atoms with van der Waals surface area (Å²) in [6.07, 6.45) is 4.83. The number of hydrogen-bond acceptors (Lipinski definition) is 3. The SMILES string of the molecule is O=c1[nH]ccnc1-c1cccc2ncccc12. The number of aromatic nitrogens is 3. The van der Waals surface area contributed by atoms with Gasteiger partial charge in [0.15, 0.2) is 0 Å². The Kier molecular flexibility index (Phi) is 2.19. The Morgan fingerprint density at radius 2 is 1.94 bits per heavy atom. The van der Waals surface area contributed by atoms with Gasteiger partial charge in [-0.2, -0.15) is 0 Å². The van der Waals surface area contributed by atoms with Gasteiger partial charge in [0.1, 0.15) is 5.69 Å². The molecule has 3 aromatic rings. The number of benzene rings is 1. The number of nitrogens with zero attached hydrogens (tertiary/aromatic N) is 2. The van der Waals surface area contributed by atoms with Gasteiger partial charge in [-0.05, 0) is 12.1 Å². The van der Waals surface area contributed by atoms with Crippen LogP contribution < -0.4 is 5.56 Å². The fourth-order valence-corrected chi connectivity index (χ4v) is 1.85. The minimum absolute atomic E-state index is 0.191. The number of pyridine rings is 1. The lowest BCUT2D eigenvalue weighted by atomic mass is 10.1. The second-order valence-electron chi connectivity index (χ2n) is 3.64. The van der Waals surface area contributed by atoms with Crippen molar-refractivity contribution in [3.05, 3.63) is 59.3 Å². The molecule has 82 valence electrons. The molecule has 4 heteroatoms. The molecule has 2 heterocycles. The molecule has 0 spiro atoms. The third-order valence-corrected chi connectivity index (χ3v) is 2.61. The highest BCUT2D eigenvalue weighted by Gasteiger charge is 2.08. The van der Waals surface area contributed by atoms with Gasteiger partial charge >= 0.3 is 0 Å². The number of nitrogens with one attached hydrogen (secondary N) is 1. The molecule has 17 heavy (non-hydrogen) atoms. The molecule has 1 aromatic carbocycles. The van der Waals surface area contributed by atoms with Crippen molar-refractivity contribution in [1.29, 1.82) is 0 Å². The van der Waals surface area contributed by atoms with E-state index in [1.165, 1.54) is 6.20 Å². The second-order valence-corrected chi connectivity index (χ2v) is 3.64. The van der Waals surface area contributed by atoms with Crippen LogP contribution in [0.2, 0.25) is 0 Å². The van der Waals surface area contributed by atoms with E-state index in [9.17, 15) is 4.79 Å². The molecule has 0 saturated carbocycles. The first-order chi connectivity index (χ1) is 8.36. The Morgan fingerprint density at radius 3 is 2.82 bits per heavy atom. The third-order valence-electron chi connectivity index (χ3n) is 2.61.